The molecule has 0 aliphatic carbocycles. The number of ether oxygens (including phenoxy) is 2. The molecular formula is C43H29N3O3PtS. The Hall–Kier alpha value is -5.62. The van der Waals surface area contributed by atoms with Gasteiger partial charge in [-0.15, -0.1) is 35.7 Å². The van der Waals surface area contributed by atoms with Gasteiger partial charge >= 0.3 is 21.1 Å². The molecule has 2 aromatic heterocycles. The molecule has 0 radical (unpaired) electrons. The Morgan fingerprint density at radius 2 is 1.37 bits per heavy atom. The largest absolute Gasteiger partial charge is 2.00 e. The summed E-state index contributed by atoms with van der Waals surface area (Å²) < 4.78 is 15.0. The van der Waals surface area contributed by atoms with E-state index in [2.05, 4.69) is 76.5 Å². The molecule has 3 heterocycles. The van der Waals surface area contributed by atoms with Crippen LogP contribution in [0, 0.1) is 12.7 Å². The van der Waals surface area contributed by atoms with E-state index in [1.807, 2.05) is 80.4 Å². The second kappa shape index (κ2) is 13.6. The predicted molar refractivity (Wildman–Crippen MR) is 203 cm³/mol. The topological polar surface area (TPSA) is 58.1 Å². The maximum Gasteiger partial charge on any atom is 2.00 e. The fourth-order valence-corrected chi connectivity index (χ4v) is 7.54. The van der Waals surface area contributed by atoms with E-state index >= 15 is 0 Å². The van der Waals surface area contributed by atoms with Crippen molar-refractivity contribution >= 4 is 48.7 Å². The maximum atomic E-state index is 11.4. The van der Waals surface area contributed by atoms with Crippen molar-refractivity contribution < 1.29 is 35.6 Å². The molecule has 6 aromatic carbocycles. The number of rotatable bonds is 7. The molecule has 51 heavy (non-hydrogen) atoms. The van der Waals surface area contributed by atoms with Crippen LogP contribution in [0.4, 0.5) is 17.2 Å². The van der Waals surface area contributed by atoms with Crippen molar-refractivity contribution in [1.29, 1.82) is 0 Å². The standard InChI is InChI=1S/C43H29N3O3S.Pt/c1-45-27-46(36-17-7-6-16-35(36)45)41-25-31(30-21-22-34-33-15-5-8-20-39(33)50-40(34)24-30)26-42(44-41)49-38-19-10-18-37(43(38)47)48-32-14-9-13-29(23-32)28-11-3-2-4-12-28;/h2-13,15-27,47H,1H3;/q-2;+2. The van der Waals surface area contributed by atoms with Crippen LogP contribution in [0.5, 0.6) is 28.9 Å². The summed E-state index contributed by atoms with van der Waals surface area (Å²) in [4.78, 5) is 9.08. The van der Waals surface area contributed by atoms with E-state index in [0.29, 0.717) is 17.4 Å². The summed E-state index contributed by atoms with van der Waals surface area (Å²) in [7, 11) is 2.02. The van der Waals surface area contributed by atoms with Gasteiger partial charge in [-0.2, -0.15) is 17.1 Å². The first-order chi connectivity index (χ1) is 24.6. The molecule has 0 unspecified atom stereocenters. The molecule has 250 valence electrons. The maximum absolute atomic E-state index is 11.4. The first-order valence-corrected chi connectivity index (χ1v) is 17.0. The number of pyridine rings is 1. The predicted octanol–water partition coefficient (Wildman–Crippen LogP) is 11.6. The minimum atomic E-state index is -0.135. The molecule has 9 rings (SSSR count). The number of phenolic OH excluding ortho intramolecular Hbond substituents is 1. The molecule has 0 fully saturated rings. The van der Waals surface area contributed by atoms with Gasteiger partial charge in [-0.3, -0.25) is 0 Å². The molecule has 0 bridgehead atoms. The van der Waals surface area contributed by atoms with Gasteiger partial charge in [0.25, 0.3) is 0 Å². The Morgan fingerprint density at radius 3 is 2.24 bits per heavy atom. The summed E-state index contributed by atoms with van der Waals surface area (Å²) in [6, 6.07) is 51.3. The van der Waals surface area contributed by atoms with E-state index < -0.39 is 0 Å². The van der Waals surface area contributed by atoms with Gasteiger partial charge in [0.1, 0.15) is 5.82 Å². The Bertz CT molecular complexity index is 2540. The van der Waals surface area contributed by atoms with Crippen molar-refractivity contribution in [2.75, 3.05) is 16.8 Å². The van der Waals surface area contributed by atoms with Crippen LogP contribution in [0.3, 0.4) is 0 Å². The molecule has 0 saturated heterocycles. The third kappa shape index (κ3) is 6.20. The van der Waals surface area contributed by atoms with Gasteiger partial charge in [0.05, 0.1) is 0 Å². The van der Waals surface area contributed by atoms with Crippen LogP contribution in [0.2, 0.25) is 0 Å². The summed E-state index contributed by atoms with van der Waals surface area (Å²) in [6.45, 7) is 2.02. The van der Waals surface area contributed by atoms with Gasteiger partial charge < -0.3 is 24.4 Å². The fraction of sp³-hybridized carbons (Fsp3) is 0.0233. The number of thiophene rings is 1. The van der Waals surface area contributed by atoms with Crippen LogP contribution in [0.25, 0.3) is 42.4 Å². The molecule has 0 amide bonds. The molecule has 0 atom stereocenters. The summed E-state index contributed by atoms with van der Waals surface area (Å²) >= 11 is 1.78. The normalized spacial score (nSPS) is 12.2. The van der Waals surface area contributed by atoms with Crippen molar-refractivity contribution in [3.63, 3.8) is 0 Å². The average molecular weight is 863 g/mol. The van der Waals surface area contributed by atoms with Gasteiger partial charge in [-0.25, -0.2) is 0 Å². The SMILES string of the molecule is CN1[CH-]N(c2cc(-c3ccc4c(c3)sc3ccccc34)cc(Oc3cccc(Oc4[c-]ccc(-c5ccccc5)c4)c3O)n2)c2ccccc21.[Pt+2]. The number of benzene rings is 6. The molecular weight excluding hydrogens is 834 g/mol. The molecule has 8 heteroatoms. The molecule has 0 spiro atoms. The van der Waals surface area contributed by atoms with Crippen molar-refractivity contribution in [1.82, 2.24) is 4.98 Å². The molecule has 0 saturated carbocycles. The first-order valence-electron chi connectivity index (χ1n) is 16.2. The Morgan fingerprint density at radius 1 is 0.647 bits per heavy atom. The van der Waals surface area contributed by atoms with Crippen molar-refractivity contribution in [2.45, 2.75) is 0 Å². The third-order valence-corrected chi connectivity index (χ3v) is 9.97. The van der Waals surface area contributed by atoms with E-state index in [4.69, 9.17) is 14.5 Å². The summed E-state index contributed by atoms with van der Waals surface area (Å²) in [5, 5.41) is 13.9. The minimum Gasteiger partial charge on any atom is -0.504 e. The van der Waals surface area contributed by atoms with Crippen molar-refractivity contribution in [3.8, 4) is 51.1 Å². The number of nitrogens with zero attached hydrogens (tertiary/aromatic N) is 3. The Labute approximate surface area is 314 Å². The van der Waals surface area contributed by atoms with Crippen LogP contribution in [-0.2, 0) is 21.1 Å². The second-order valence-electron chi connectivity index (χ2n) is 12.1. The zero-order valence-electron chi connectivity index (χ0n) is 27.3. The van der Waals surface area contributed by atoms with E-state index in [0.717, 1.165) is 33.6 Å². The molecule has 8 aromatic rings. The number of phenols is 1. The van der Waals surface area contributed by atoms with Gasteiger partial charge in [0.2, 0.25) is 11.6 Å². The summed E-state index contributed by atoms with van der Waals surface area (Å²) in [6.07, 6.45) is 0. The molecule has 1 aliphatic heterocycles. The zero-order valence-corrected chi connectivity index (χ0v) is 30.4. The number of anilines is 3. The number of aromatic nitrogens is 1. The number of para-hydroxylation sites is 3. The fourth-order valence-electron chi connectivity index (χ4n) is 6.40. The van der Waals surface area contributed by atoms with E-state index in [1.54, 1.807) is 29.5 Å². The van der Waals surface area contributed by atoms with Gasteiger partial charge in [-0.05, 0) is 66.2 Å². The molecule has 6 nitrogen and oxygen atoms in total. The van der Waals surface area contributed by atoms with Crippen LogP contribution in [0.1, 0.15) is 0 Å². The van der Waals surface area contributed by atoms with Crippen molar-refractivity contribution in [3.05, 3.63) is 158 Å². The quantitative estimate of drug-likeness (QED) is 0.161. The average Bonchev–Trinajstić information content (AvgIpc) is 3.71. The minimum absolute atomic E-state index is 0. The smallest absolute Gasteiger partial charge is 0.504 e. The van der Waals surface area contributed by atoms with Crippen LogP contribution in [0.15, 0.2) is 146 Å². The van der Waals surface area contributed by atoms with E-state index in [1.165, 1.54) is 20.2 Å². The Kier molecular flexibility index (Phi) is 8.68. The van der Waals surface area contributed by atoms with Crippen LogP contribution >= 0.6 is 11.3 Å². The van der Waals surface area contributed by atoms with Gasteiger partial charge in [-0.1, -0.05) is 78.9 Å². The zero-order chi connectivity index (χ0) is 33.6. The first kappa shape index (κ1) is 32.6. The molecule has 1 aliphatic rings. The van der Waals surface area contributed by atoms with Crippen LogP contribution in [-0.4, -0.2) is 17.1 Å². The number of aromatic hydroxyl groups is 1. The van der Waals surface area contributed by atoms with Crippen LogP contribution < -0.4 is 19.3 Å². The number of hydrogen-bond donors (Lipinski definition) is 1. The van der Waals surface area contributed by atoms with Gasteiger partial charge in [0, 0.05) is 43.4 Å². The van der Waals surface area contributed by atoms with Gasteiger partial charge in [0.15, 0.2) is 11.5 Å². The van der Waals surface area contributed by atoms with E-state index in [9.17, 15) is 5.11 Å². The second-order valence-corrected chi connectivity index (χ2v) is 13.1. The number of hydrogen-bond acceptors (Lipinski definition) is 7. The summed E-state index contributed by atoms with van der Waals surface area (Å²) in [5.74, 6) is 1.83. The van der Waals surface area contributed by atoms with E-state index in [-0.39, 0.29) is 38.3 Å². The monoisotopic (exact) mass is 862 g/mol. The number of fused-ring (bicyclic) bond motifs is 4. The van der Waals surface area contributed by atoms with Crippen molar-refractivity contribution in [2.24, 2.45) is 0 Å². The summed E-state index contributed by atoms with van der Waals surface area (Å²) in [5.41, 5.74) is 6.10. The third-order valence-electron chi connectivity index (χ3n) is 8.84. The Balaban J connectivity index is 0.00000374. The molecule has 1 N–H and O–H groups in total.